The molecule has 2 fully saturated rings. The van der Waals surface area contributed by atoms with Crippen molar-refractivity contribution in [2.45, 2.75) is 38.8 Å². The summed E-state index contributed by atoms with van der Waals surface area (Å²) in [6, 6.07) is 9.62. The number of carbonyl (C=O) groups excluding carboxylic acids is 2. The monoisotopic (exact) mass is 492 g/mol. The molecule has 9 heteroatoms. The Labute approximate surface area is 213 Å². The quantitative estimate of drug-likeness (QED) is 0.687. The second-order valence-corrected chi connectivity index (χ2v) is 9.81. The molecule has 1 aromatic carbocycles. The number of carbonyl (C=O) groups is 2. The van der Waals surface area contributed by atoms with Crippen LogP contribution in [0.2, 0.25) is 0 Å². The number of piperazine rings is 1. The van der Waals surface area contributed by atoms with Crippen molar-refractivity contribution in [1.82, 2.24) is 14.8 Å². The van der Waals surface area contributed by atoms with Crippen LogP contribution < -0.4 is 15.1 Å². The standard InChI is InChI=1S/C27H36N6O3/c1-4-31-10-12-32(13-11-31)27(35)20-6-5-7-21(16-20)29-25-17-23-24(18-28-25)30(3)26(34)19(2)33(23)22-8-14-36-15-9-22/h5-7,16-19,22H,4,8-15H2,1-3H3,(H,28,29). The fourth-order valence-corrected chi connectivity index (χ4v) is 5.50. The summed E-state index contributed by atoms with van der Waals surface area (Å²) < 4.78 is 5.57. The Hall–Kier alpha value is -3.17. The van der Waals surface area contributed by atoms with Crippen LogP contribution in [0.3, 0.4) is 0 Å². The maximum absolute atomic E-state index is 13.1. The third-order valence-corrected chi connectivity index (χ3v) is 7.68. The number of ether oxygens (including phenoxy) is 1. The van der Waals surface area contributed by atoms with Crippen molar-refractivity contribution in [2.75, 3.05) is 68.1 Å². The van der Waals surface area contributed by atoms with Crippen LogP contribution in [0.1, 0.15) is 37.0 Å². The minimum Gasteiger partial charge on any atom is -0.381 e. The summed E-state index contributed by atoms with van der Waals surface area (Å²) >= 11 is 0. The maximum atomic E-state index is 13.1. The molecular weight excluding hydrogens is 456 g/mol. The molecule has 9 nitrogen and oxygen atoms in total. The van der Waals surface area contributed by atoms with Gasteiger partial charge in [-0.2, -0.15) is 0 Å². The number of nitrogens with zero attached hydrogens (tertiary/aromatic N) is 5. The molecule has 0 spiro atoms. The number of likely N-dealkylation sites (N-methyl/N-ethyl adjacent to an activating group) is 2. The largest absolute Gasteiger partial charge is 0.381 e. The van der Waals surface area contributed by atoms with Crippen molar-refractivity contribution in [1.29, 1.82) is 0 Å². The van der Waals surface area contributed by atoms with Crippen LogP contribution in [0.15, 0.2) is 36.5 Å². The summed E-state index contributed by atoms with van der Waals surface area (Å²) in [6.45, 7) is 9.89. The van der Waals surface area contributed by atoms with E-state index in [4.69, 9.17) is 4.74 Å². The Bertz CT molecular complexity index is 1110. The number of nitrogens with one attached hydrogen (secondary N) is 1. The number of aromatic nitrogens is 1. The number of benzene rings is 1. The molecule has 1 unspecified atom stereocenters. The fourth-order valence-electron chi connectivity index (χ4n) is 5.50. The lowest BCUT2D eigenvalue weighted by molar-refractivity contribution is -0.119. The molecule has 0 radical (unpaired) electrons. The second kappa shape index (κ2) is 10.4. The number of hydrogen-bond donors (Lipinski definition) is 1. The highest BCUT2D eigenvalue weighted by molar-refractivity contribution is 6.05. The van der Waals surface area contributed by atoms with Crippen molar-refractivity contribution in [3.8, 4) is 0 Å². The summed E-state index contributed by atoms with van der Waals surface area (Å²) in [5.41, 5.74) is 3.29. The highest BCUT2D eigenvalue weighted by Crippen LogP contribution is 2.39. The zero-order chi connectivity index (χ0) is 25.2. The molecule has 0 saturated carbocycles. The lowest BCUT2D eigenvalue weighted by atomic mass is 10.00. The van der Waals surface area contributed by atoms with E-state index in [9.17, 15) is 9.59 Å². The molecule has 2 amide bonds. The second-order valence-electron chi connectivity index (χ2n) is 9.81. The van der Waals surface area contributed by atoms with E-state index in [0.29, 0.717) is 24.6 Å². The minimum absolute atomic E-state index is 0.0625. The predicted molar refractivity (Wildman–Crippen MR) is 141 cm³/mol. The van der Waals surface area contributed by atoms with Gasteiger partial charge < -0.3 is 29.7 Å². The van der Waals surface area contributed by atoms with Gasteiger partial charge in [-0.1, -0.05) is 13.0 Å². The molecule has 2 aromatic rings. The van der Waals surface area contributed by atoms with Gasteiger partial charge >= 0.3 is 0 Å². The van der Waals surface area contributed by atoms with Crippen LogP contribution in [-0.2, 0) is 9.53 Å². The highest BCUT2D eigenvalue weighted by atomic mass is 16.5. The number of fused-ring (bicyclic) bond motifs is 1. The molecule has 1 aromatic heterocycles. The number of rotatable bonds is 5. The summed E-state index contributed by atoms with van der Waals surface area (Å²) in [7, 11) is 1.81. The lowest BCUT2D eigenvalue weighted by Gasteiger charge is -2.45. The normalized spacial score (nSPS) is 21.5. The molecule has 36 heavy (non-hydrogen) atoms. The summed E-state index contributed by atoms with van der Waals surface area (Å²) in [5, 5.41) is 3.39. The van der Waals surface area contributed by atoms with Crippen molar-refractivity contribution in [3.05, 3.63) is 42.1 Å². The van der Waals surface area contributed by atoms with Gasteiger partial charge in [-0.3, -0.25) is 9.59 Å². The number of amides is 2. The van der Waals surface area contributed by atoms with Gasteiger partial charge in [-0.05, 0) is 44.5 Å². The summed E-state index contributed by atoms with van der Waals surface area (Å²) in [4.78, 5) is 38.9. The first kappa shape index (κ1) is 24.5. The van der Waals surface area contributed by atoms with Crippen LogP contribution in [0.4, 0.5) is 22.9 Å². The number of anilines is 4. The molecule has 3 aliphatic rings. The Kier molecular flexibility index (Phi) is 7.11. The Morgan fingerprint density at radius 1 is 1.11 bits per heavy atom. The van der Waals surface area contributed by atoms with E-state index < -0.39 is 0 Å². The molecule has 1 atom stereocenters. The van der Waals surface area contributed by atoms with Gasteiger partial charge in [0, 0.05) is 69.8 Å². The molecular formula is C27H36N6O3. The smallest absolute Gasteiger partial charge is 0.254 e. The van der Waals surface area contributed by atoms with Crippen molar-refractivity contribution < 1.29 is 14.3 Å². The van der Waals surface area contributed by atoms with Gasteiger partial charge in [-0.25, -0.2) is 4.98 Å². The zero-order valence-corrected chi connectivity index (χ0v) is 21.4. The van der Waals surface area contributed by atoms with E-state index in [2.05, 4.69) is 27.0 Å². The van der Waals surface area contributed by atoms with Crippen LogP contribution in [-0.4, -0.2) is 91.7 Å². The summed E-state index contributed by atoms with van der Waals surface area (Å²) in [5.74, 6) is 0.817. The Morgan fingerprint density at radius 2 is 1.86 bits per heavy atom. The van der Waals surface area contributed by atoms with Crippen molar-refractivity contribution in [2.24, 2.45) is 0 Å². The van der Waals surface area contributed by atoms with Gasteiger partial charge in [0.15, 0.2) is 0 Å². The van der Waals surface area contributed by atoms with Gasteiger partial charge in [0.05, 0.1) is 17.6 Å². The van der Waals surface area contributed by atoms with E-state index in [0.717, 1.165) is 62.6 Å². The van der Waals surface area contributed by atoms with Gasteiger partial charge in [0.25, 0.3) is 5.91 Å². The molecule has 0 bridgehead atoms. The molecule has 1 N–H and O–H groups in total. The Morgan fingerprint density at radius 3 is 2.58 bits per heavy atom. The third kappa shape index (κ3) is 4.77. The van der Waals surface area contributed by atoms with E-state index in [-0.39, 0.29) is 23.9 Å². The van der Waals surface area contributed by atoms with E-state index in [1.54, 1.807) is 11.1 Å². The van der Waals surface area contributed by atoms with Gasteiger partial charge in [0.2, 0.25) is 5.91 Å². The van der Waals surface area contributed by atoms with Crippen LogP contribution >= 0.6 is 0 Å². The van der Waals surface area contributed by atoms with Crippen molar-refractivity contribution >= 4 is 34.7 Å². The molecule has 2 saturated heterocycles. The minimum atomic E-state index is -0.255. The first-order chi connectivity index (χ1) is 17.5. The van der Waals surface area contributed by atoms with Crippen molar-refractivity contribution in [3.63, 3.8) is 0 Å². The third-order valence-electron chi connectivity index (χ3n) is 7.68. The van der Waals surface area contributed by atoms with E-state index in [1.165, 1.54) is 0 Å². The first-order valence-corrected chi connectivity index (χ1v) is 13.0. The van der Waals surface area contributed by atoms with E-state index in [1.807, 2.05) is 49.2 Å². The van der Waals surface area contributed by atoms with Crippen LogP contribution in [0, 0.1) is 0 Å². The first-order valence-electron chi connectivity index (χ1n) is 13.0. The highest BCUT2D eigenvalue weighted by Gasteiger charge is 2.38. The molecule has 3 aliphatic heterocycles. The SMILES string of the molecule is CCN1CCN(C(=O)c2cccc(Nc3cc4c(cn3)N(C)C(=O)C(C)N4C3CCOCC3)c2)CC1. The zero-order valence-electron chi connectivity index (χ0n) is 21.4. The average molecular weight is 493 g/mol. The number of pyridine rings is 1. The fraction of sp³-hybridized carbons (Fsp3) is 0.519. The van der Waals surface area contributed by atoms with Crippen LogP contribution in [0.25, 0.3) is 0 Å². The molecule has 5 rings (SSSR count). The van der Waals surface area contributed by atoms with E-state index >= 15 is 0 Å². The van der Waals surface area contributed by atoms with Crippen LogP contribution in [0.5, 0.6) is 0 Å². The average Bonchev–Trinajstić information content (AvgIpc) is 2.92. The van der Waals surface area contributed by atoms with Gasteiger partial charge in [-0.15, -0.1) is 0 Å². The lowest BCUT2D eigenvalue weighted by Crippen LogP contribution is -2.55. The molecule has 192 valence electrons. The predicted octanol–water partition coefficient (Wildman–Crippen LogP) is 2.95. The maximum Gasteiger partial charge on any atom is 0.254 e. The number of hydrogen-bond acceptors (Lipinski definition) is 7. The molecule has 0 aliphatic carbocycles. The van der Waals surface area contributed by atoms with Gasteiger partial charge in [0.1, 0.15) is 11.9 Å². The topological polar surface area (TPSA) is 81.2 Å². The molecule has 4 heterocycles. The summed E-state index contributed by atoms with van der Waals surface area (Å²) in [6.07, 6.45) is 3.54. The Balaban J connectivity index is 1.37.